The fourth-order valence-electron chi connectivity index (χ4n) is 3.53. The molecule has 0 N–H and O–H groups in total. The zero-order valence-corrected chi connectivity index (χ0v) is 18.3. The first kappa shape index (κ1) is 20.1. The van der Waals surface area contributed by atoms with Crippen LogP contribution in [-0.4, -0.2) is 18.0 Å². The fourth-order valence-corrected chi connectivity index (χ4v) is 3.53. The van der Waals surface area contributed by atoms with Gasteiger partial charge in [0, 0.05) is 11.8 Å². The molecule has 0 aliphatic carbocycles. The molecule has 0 amide bonds. The Labute approximate surface area is 187 Å². The number of rotatable bonds is 4. The second-order valence-corrected chi connectivity index (χ2v) is 8.75. The van der Waals surface area contributed by atoms with E-state index in [1.807, 2.05) is 48.6 Å². The molecule has 2 heterocycles. The van der Waals surface area contributed by atoms with Crippen LogP contribution in [0.25, 0.3) is 28.6 Å². The summed E-state index contributed by atoms with van der Waals surface area (Å²) in [5, 5.41) is 0. The maximum atomic E-state index is 5.96. The number of nitrogens with zero attached hydrogens (tertiary/aromatic N) is 2. The number of aromatic nitrogens is 1. The third-order valence-electron chi connectivity index (χ3n) is 5.36. The first-order valence-corrected chi connectivity index (χ1v) is 10.6. The average Bonchev–Trinajstić information content (AvgIpc) is 3.42. The minimum Gasteiger partial charge on any atom is -0.454 e. The quantitative estimate of drug-likeness (QED) is 0.333. The summed E-state index contributed by atoms with van der Waals surface area (Å²) in [5.41, 5.74) is 5.73. The van der Waals surface area contributed by atoms with Crippen molar-refractivity contribution in [3.63, 3.8) is 0 Å². The standard InChI is InChI=1S/C27H24N2O3/c1-27(2,3)20-9-7-19(8-10-20)26-29-22-16-21(11-13-23(22)32-26)28-14-4-5-18-6-12-24-25(15-18)31-17-30-24/h4-16H,17H2,1-3H3. The van der Waals surface area contributed by atoms with E-state index in [9.17, 15) is 0 Å². The van der Waals surface area contributed by atoms with Gasteiger partial charge in [-0.2, -0.15) is 0 Å². The molecule has 0 saturated carbocycles. The van der Waals surface area contributed by atoms with Crippen LogP contribution in [0.2, 0.25) is 0 Å². The van der Waals surface area contributed by atoms with Crippen LogP contribution in [0.3, 0.4) is 0 Å². The van der Waals surface area contributed by atoms with Gasteiger partial charge in [-0.15, -0.1) is 0 Å². The van der Waals surface area contributed by atoms with Crippen molar-refractivity contribution in [2.75, 3.05) is 6.79 Å². The number of hydrogen-bond donors (Lipinski definition) is 0. The molecule has 1 aliphatic rings. The van der Waals surface area contributed by atoms with E-state index < -0.39 is 0 Å². The van der Waals surface area contributed by atoms with Crippen molar-refractivity contribution in [2.45, 2.75) is 26.2 Å². The number of allylic oxidation sites excluding steroid dienone is 1. The molecule has 32 heavy (non-hydrogen) atoms. The Morgan fingerprint density at radius 2 is 1.72 bits per heavy atom. The van der Waals surface area contributed by atoms with Crippen molar-refractivity contribution in [1.29, 1.82) is 0 Å². The van der Waals surface area contributed by atoms with E-state index in [-0.39, 0.29) is 12.2 Å². The molecule has 0 atom stereocenters. The van der Waals surface area contributed by atoms with Crippen LogP contribution in [0.4, 0.5) is 5.69 Å². The summed E-state index contributed by atoms with van der Waals surface area (Å²) >= 11 is 0. The number of ether oxygens (including phenoxy) is 2. The minimum absolute atomic E-state index is 0.115. The lowest BCUT2D eigenvalue weighted by Gasteiger charge is -2.18. The van der Waals surface area contributed by atoms with E-state index >= 15 is 0 Å². The highest BCUT2D eigenvalue weighted by Gasteiger charge is 2.15. The molecule has 5 rings (SSSR count). The Kier molecular flexibility index (Phi) is 5.02. The Morgan fingerprint density at radius 3 is 2.53 bits per heavy atom. The van der Waals surface area contributed by atoms with Crippen LogP contribution in [-0.2, 0) is 5.41 Å². The van der Waals surface area contributed by atoms with E-state index in [0.29, 0.717) is 5.89 Å². The molecule has 0 bridgehead atoms. The van der Waals surface area contributed by atoms with E-state index in [4.69, 9.17) is 13.9 Å². The Bertz CT molecular complexity index is 1330. The van der Waals surface area contributed by atoms with Gasteiger partial charge in [-0.3, -0.25) is 4.99 Å². The zero-order chi connectivity index (χ0) is 22.1. The molecule has 1 aliphatic heterocycles. The highest BCUT2D eigenvalue weighted by atomic mass is 16.7. The first-order chi connectivity index (χ1) is 15.5. The molecule has 0 radical (unpaired) electrons. The fraction of sp³-hybridized carbons (Fsp3) is 0.185. The lowest BCUT2D eigenvalue weighted by Crippen LogP contribution is -2.10. The van der Waals surface area contributed by atoms with Gasteiger partial charge in [0.15, 0.2) is 17.1 Å². The zero-order valence-electron chi connectivity index (χ0n) is 18.3. The Balaban J connectivity index is 1.31. The van der Waals surface area contributed by atoms with Gasteiger partial charge in [0.05, 0.1) is 5.69 Å². The van der Waals surface area contributed by atoms with Gasteiger partial charge in [0.25, 0.3) is 0 Å². The molecule has 1 aromatic heterocycles. The molecule has 4 aromatic rings. The maximum Gasteiger partial charge on any atom is 0.231 e. The molecule has 5 nitrogen and oxygen atoms in total. The van der Waals surface area contributed by atoms with Crippen molar-refractivity contribution in [3.8, 4) is 23.0 Å². The van der Waals surface area contributed by atoms with Crippen LogP contribution in [0.15, 0.2) is 76.1 Å². The lowest BCUT2D eigenvalue weighted by molar-refractivity contribution is 0.174. The Hall–Kier alpha value is -3.86. The predicted octanol–water partition coefficient (Wildman–Crippen LogP) is 6.94. The van der Waals surface area contributed by atoms with Crippen molar-refractivity contribution in [1.82, 2.24) is 4.98 Å². The molecule has 0 saturated heterocycles. The van der Waals surface area contributed by atoms with Crippen LogP contribution >= 0.6 is 0 Å². The molecule has 0 unspecified atom stereocenters. The summed E-state index contributed by atoms with van der Waals surface area (Å²) in [6.07, 6.45) is 5.63. The minimum atomic E-state index is 0.115. The summed E-state index contributed by atoms with van der Waals surface area (Å²) in [7, 11) is 0. The van der Waals surface area contributed by atoms with Gasteiger partial charge in [-0.25, -0.2) is 4.98 Å². The summed E-state index contributed by atoms with van der Waals surface area (Å²) in [4.78, 5) is 9.18. The molecule has 5 heteroatoms. The number of oxazole rings is 1. The number of fused-ring (bicyclic) bond motifs is 2. The second-order valence-electron chi connectivity index (χ2n) is 8.75. The van der Waals surface area contributed by atoms with Gasteiger partial charge in [0.2, 0.25) is 12.7 Å². The van der Waals surface area contributed by atoms with Gasteiger partial charge in [-0.05, 0) is 65.1 Å². The van der Waals surface area contributed by atoms with Gasteiger partial charge < -0.3 is 13.9 Å². The average molecular weight is 425 g/mol. The second kappa shape index (κ2) is 8.00. The summed E-state index contributed by atoms with van der Waals surface area (Å²) in [5.74, 6) is 2.16. The molecule has 160 valence electrons. The van der Waals surface area contributed by atoms with Crippen molar-refractivity contribution in [3.05, 3.63) is 77.9 Å². The Morgan fingerprint density at radius 1 is 0.906 bits per heavy atom. The topological polar surface area (TPSA) is 56.9 Å². The number of benzene rings is 3. The lowest BCUT2D eigenvalue weighted by atomic mass is 9.87. The van der Waals surface area contributed by atoms with E-state index in [1.54, 1.807) is 6.21 Å². The van der Waals surface area contributed by atoms with Gasteiger partial charge in [-0.1, -0.05) is 45.0 Å². The van der Waals surface area contributed by atoms with E-state index in [2.05, 4.69) is 55.0 Å². The molecule has 0 spiro atoms. The normalized spacial score (nSPS) is 13.6. The van der Waals surface area contributed by atoms with Crippen molar-refractivity contribution < 1.29 is 13.9 Å². The highest BCUT2D eigenvalue weighted by Crippen LogP contribution is 2.33. The highest BCUT2D eigenvalue weighted by molar-refractivity contribution is 5.84. The molecular weight excluding hydrogens is 400 g/mol. The molecular formula is C27H24N2O3. The smallest absolute Gasteiger partial charge is 0.231 e. The van der Waals surface area contributed by atoms with Crippen molar-refractivity contribution >= 4 is 29.1 Å². The first-order valence-electron chi connectivity index (χ1n) is 10.6. The monoisotopic (exact) mass is 424 g/mol. The van der Waals surface area contributed by atoms with Crippen LogP contribution in [0.1, 0.15) is 31.9 Å². The maximum absolute atomic E-state index is 5.96. The number of hydrogen-bond acceptors (Lipinski definition) is 5. The van der Waals surface area contributed by atoms with Crippen LogP contribution in [0.5, 0.6) is 11.5 Å². The molecule has 3 aromatic carbocycles. The summed E-state index contributed by atoms with van der Waals surface area (Å²) < 4.78 is 16.7. The van der Waals surface area contributed by atoms with E-state index in [0.717, 1.165) is 39.4 Å². The van der Waals surface area contributed by atoms with Gasteiger partial charge in [0.1, 0.15) is 5.52 Å². The van der Waals surface area contributed by atoms with Gasteiger partial charge >= 0.3 is 0 Å². The summed E-state index contributed by atoms with van der Waals surface area (Å²) in [6.45, 7) is 6.88. The van der Waals surface area contributed by atoms with Crippen LogP contribution < -0.4 is 9.47 Å². The predicted molar refractivity (Wildman–Crippen MR) is 128 cm³/mol. The summed E-state index contributed by atoms with van der Waals surface area (Å²) in [6, 6.07) is 20.0. The third kappa shape index (κ3) is 4.14. The largest absolute Gasteiger partial charge is 0.454 e. The van der Waals surface area contributed by atoms with E-state index in [1.165, 1.54) is 5.56 Å². The third-order valence-corrected chi connectivity index (χ3v) is 5.36. The van der Waals surface area contributed by atoms with Crippen LogP contribution in [0, 0.1) is 0 Å². The SMILES string of the molecule is CC(C)(C)c1ccc(-c2nc3cc(N=CC=Cc4ccc5c(c4)OCO5)ccc3o2)cc1. The van der Waals surface area contributed by atoms with Crippen molar-refractivity contribution in [2.24, 2.45) is 4.99 Å². The number of aliphatic imine (C=N–C) groups is 1. The molecule has 0 fully saturated rings.